The van der Waals surface area contributed by atoms with Gasteiger partial charge in [0.2, 0.25) is 0 Å². The van der Waals surface area contributed by atoms with Gasteiger partial charge >= 0.3 is 5.97 Å². The van der Waals surface area contributed by atoms with Gasteiger partial charge in [-0.05, 0) is 24.3 Å². The largest absolute Gasteiger partial charge is 0.508 e. The second-order valence-corrected chi connectivity index (χ2v) is 2.42. The van der Waals surface area contributed by atoms with Crippen molar-refractivity contribution in [2.75, 3.05) is 11.9 Å². The summed E-state index contributed by atoms with van der Waals surface area (Å²) in [7, 11) is 2.98. The first-order valence-corrected chi connectivity index (χ1v) is 3.70. The van der Waals surface area contributed by atoms with Crippen LogP contribution >= 0.6 is 0 Å². The van der Waals surface area contributed by atoms with Gasteiger partial charge in [0.25, 0.3) is 0 Å². The predicted octanol–water partition coefficient (Wildman–Crippen LogP) is 1.14. The first-order chi connectivity index (χ1) is 6.22. The predicted molar refractivity (Wildman–Crippen MR) is 48.0 cm³/mol. The molecule has 0 aliphatic rings. The first-order valence-electron chi connectivity index (χ1n) is 3.70. The fourth-order valence-corrected chi connectivity index (χ4v) is 0.805. The topological polar surface area (TPSA) is 58.6 Å². The first kappa shape index (κ1) is 9.38. The second kappa shape index (κ2) is 4.35. The Morgan fingerprint density at radius 2 is 2.08 bits per heavy atom. The van der Waals surface area contributed by atoms with E-state index < -0.39 is 5.97 Å². The van der Waals surface area contributed by atoms with Crippen molar-refractivity contribution in [2.24, 2.45) is 0 Å². The van der Waals surface area contributed by atoms with Gasteiger partial charge in [-0.15, -0.1) is 0 Å². The van der Waals surface area contributed by atoms with E-state index in [-0.39, 0.29) is 12.3 Å². The molecular formula is C9H10NO3. The summed E-state index contributed by atoms with van der Waals surface area (Å²) < 4.78 is 4.19. The third kappa shape index (κ3) is 3.02. The van der Waals surface area contributed by atoms with Crippen LogP contribution in [0.25, 0.3) is 0 Å². The van der Waals surface area contributed by atoms with Crippen LogP contribution in [0, 0.1) is 7.11 Å². The average molecular weight is 180 g/mol. The van der Waals surface area contributed by atoms with Crippen molar-refractivity contribution in [1.29, 1.82) is 0 Å². The van der Waals surface area contributed by atoms with Crippen molar-refractivity contribution < 1.29 is 14.6 Å². The van der Waals surface area contributed by atoms with E-state index in [4.69, 9.17) is 5.11 Å². The number of ether oxygens (including phenoxy) is 1. The highest BCUT2D eigenvalue weighted by Crippen LogP contribution is 2.13. The number of benzene rings is 1. The molecule has 1 aromatic carbocycles. The summed E-state index contributed by atoms with van der Waals surface area (Å²) in [6.07, 6.45) is 0. The zero-order valence-electron chi connectivity index (χ0n) is 6.99. The minimum Gasteiger partial charge on any atom is -0.508 e. The lowest BCUT2D eigenvalue weighted by Gasteiger charge is -2.03. The van der Waals surface area contributed by atoms with Crippen LogP contribution in [0.15, 0.2) is 24.3 Å². The molecule has 1 aromatic rings. The maximum Gasteiger partial charge on any atom is 0.325 e. The van der Waals surface area contributed by atoms with Gasteiger partial charge in [-0.1, -0.05) is 0 Å². The van der Waals surface area contributed by atoms with Crippen molar-refractivity contribution in [2.45, 2.75) is 0 Å². The maximum atomic E-state index is 10.7. The Morgan fingerprint density at radius 1 is 1.46 bits per heavy atom. The van der Waals surface area contributed by atoms with Crippen LogP contribution in [0.3, 0.4) is 0 Å². The molecule has 1 radical (unpaired) electrons. The Kier molecular flexibility index (Phi) is 3.14. The van der Waals surface area contributed by atoms with E-state index in [9.17, 15) is 4.79 Å². The van der Waals surface area contributed by atoms with E-state index in [1.165, 1.54) is 12.1 Å². The summed E-state index contributed by atoms with van der Waals surface area (Å²) in [5.74, 6) is -0.252. The average Bonchev–Trinajstić information content (AvgIpc) is 2.16. The third-order valence-electron chi connectivity index (χ3n) is 1.47. The summed E-state index contributed by atoms with van der Waals surface area (Å²) in [5.41, 5.74) is 0.739. The third-order valence-corrected chi connectivity index (χ3v) is 1.47. The smallest absolute Gasteiger partial charge is 0.325 e. The molecule has 0 fully saturated rings. The molecule has 4 nitrogen and oxygen atoms in total. The highest BCUT2D eigenvalue weighted by Gasteiger charge is 1.98. The molecule has 0 saturated carbocycles. The molecule has 0 spiro atoms. The van der Waals surface area contributed by atoms with Crippen LogP contribution in [0.4, 0.5) is 5.69 Å². The Hall–Kier alpha value is -1.71. The molecule has 0 amide bonds. The van der Waals surface area contributed by atoms with E-state index >= 15 is 0 Å². The Bertz CT molecular complexity index is 281. The number of hydrogen-bond acceptors (Lipinski definition) is 4. The van der Waals surface area contributed by atoms with Gasteiger partial charge in [0, 0.05) is 5.69 Å². The molecule has 0 unspecified atom stereocenters. The van der Waals surface area contributed by atoms with Gasteiger partial charge in [0.1, 0.15) is 19.4 Å². The fourth-order valence-electron chi connectivity index (χ4n) is 0.805. The number of esters is 1. The molecular weight excluding hydrogens is 170 g/mol. The minimum absolute atomic E-state index is 0.0638. The number of carbonyl (C=O) groups excluding carboxylic acids is 1. The normalized spacial score (nSPS) is 9.31. The van der Waals surface area contributed by atoms with Crippen molar-refractivity contribution in [3.63, 3.8) is 0 Å². The zero-order chi connectivity index (χ0) is 9.68. The Balaban J connectivity index is 2.46. The van der Waals surface area contributed by atoms with E-state index in [0.29, 0.717) is 0 Å². The van der Waals surface area contributed by atoms with Crippen molar-refractivity contribution in [3.05, 3.63) is 31.4 Å². The molecule has 0 saturated heterocycles. The number of carbonyl (C=O) groups is 1. The van der Waals surface area contributed by atoms with Gasteiger partial charge in [-0.25, -0.2) is 0 Å². The van der Waals surface area contributed by atoms with E-state index in [1.54, 1.807) is 12.1 Å². The van der Waals surface area contributed by atoms with Crippen LogP contribution in [-0.4, -0.2) is 17.6 Å². The number of phenolic OH excluding ortho intramolecular Hbond substituents is 1. The maximum absolute atomic E-state index is 10.7. The van der Waals surface area contributed by atoms with Gasteiger partial charge in [0.15, 0.2) is 0 Å². The van der Waals surface area contributed by atoms with Crippen molar-refractivity contribution >= 4 is 11.7 Å². The van der Waals surface area contributed by atoms with Crippen LogP contribution in [0.5, 0.6) is 5.75 Å². The number of phenols is 1. The SMILES string of the molecule is [CH2]OC(=O)CNc1ccc(O)cc1. The van der Waals surface area contributed by atoms with E-state index in [2.05, 4.69) is 17.2 Å². The van der Waals surface area contributed by atoms with Gasteiger partial charge in [-0.2, -0.15) is 0 Å². The molecule has 69 valence electrons. The molecule has 2 N–H and O–H groups in total. The van der Waals surface area contributed by atoms with Crippen LogP contribution in [0.1, 0.15) is 0 Å². The highest BCUT2D eigenvalue weighted by molar-refractivity contribution is 5.75. The molecule has 0 atom stereocenters. The van der Waals surface area contributed by atoms with E-state index in [1.807, 2.05) is 0 Å². The van der Waals surface area contributed by atoms with Gasteiger partial charge in [-0.3, -0.25) is 4.79 Å². The number of nitrogens with one attached hydrogen (secondary N) is 1. The number of rotatable bonds is 3. The summed E-state index contributed by atoms with van der Waals surface area (Å²) in [5, 5.41) is 11.7. The van der Waals surface area contributed by atoms with Gasteiger partial charge < -0.3 is 15.2 Å². The fraction of sp³-hybridized carbons (Fsp3) is 0.111. The standard InChI is InChI=1S/C9H10NO3/c1-13-9(12)6-10-7-2-4-8(11)5-3-7/h2-5,10-11H,1,6H2. The molecule has 1 rings (SSSR count). The summed E-state index contributed by atoms with van der Waals surface area (Å²) in [6, 6.07) is 6.37. The summed E-state index contributed by atoms with van der Waals surface area (Å²) in [6.45, 7) is 0.0638. The Labute approximate surface area is 76.1 Å². The number of anilines is 1. The molecule has 0 aliphatic carbocycles. The summed E-state index contributed by atoms with van der Waals surface area (Å²) in [4.78, 5) is 10.7. The molecule has 0 heterocycles. The van der Waals surface area contributed by atoms with Crippen molar-refractivity contribution in [1.82, 2.24) is 0 Å². The lowest BCUT2D eigenvalue weighted by molar-refractivity contribution is -0.136. The lowest BCUT2D eigenvalue weighted by atomic mass is 10.3. The lowest BCUT2D eigenvalue weighted by Crippen LogP contribution is -2.13. The van der Waals surface area contributed by atoms with Crippen LogP contribution in [-0.2, 0) is 9.53 Å². The molecule has 4 heteroatoms. The van der Waals surface area contributed by atoms with Gasteiger partial charge in [0.05, 0.1) is 0 Å². The van der Waals surface area contributed by atoms with E-state index in [0.717, 1.165) is 5.69 Å². The Morgan fingerprint density at radius 3 is 2.62 bits per heavy atom. The molecule has 0 bridgehead atoms. The van der Waals surface area contributed by atoms with Crippen LogP contribution in [0.2, 0.25) is 0 Å². The number of aromatic hydroxyl groups is 1. The second-order valence-electron chi connectivity index (χ2n) is 2.42. The molecule has 0 aromatic heterocycles. The molecule has 13 heavy (non-hydrogen) atoms. The zero-order valence-corrected chi connectivity index (χ0v) is 6.99. The summed E-state index contributed by atoms with van der Waals surface area (Å²) >= 11 is 0. The quantitative estimate of drug-likeness (QED) is 0.541. The van der Waals surface area contributed by atoms with Crippen molar-refractivity contribution in [3.8, 4) is 5.75 Å². The van der Waals surface area contributed by atoms with Crippen LogP contribution < -0.4 is 5.32 Å². The molecule has 0 aliphatic heterocycles. The monoisotopic (exact) mass is 180 g/mol. The highest BCUT2D eigenvalue weighted by atomic mass is 16.5. The number of hydrogen-bond donors (Lipinski definition) is 2. The minimum atomic E-state index is -0.437.